The Kier molecular flexibility index (Phi) is 3.26. The van der Waals surface area contributed by atoms with Crippen molar-refractivity contribution in [2.45, 2.75) is 0 Å². The molecule has 0 atom stereocenters. The van der Waals surface area contributed by atoms with Gasteiger partial charge in [0.25, 0.3) is 0 Å². The van der Waals surface area contributed by atoms with Gasteiger partial charge in [0.2, 0.25) is 5.95 Å². The number of thiophene rings is 1. The van der Waals surface area contributed by atoms with E-state index in [1.165, 1.54) is 11.3 Å². The van der Waals surface area contributed by atoms with Crippen LogP contribution in [0.4, 0.5) is 17.5 Å². The molecule has 0 aliphatic rings. The highest BCUT2D eigenvalue weighted by Gasteiger charge is 2.10. The number of hydrogen-bond donors (Lipinski definition) is 2. The van der Waals surface area contributed by atoms with E-state index in [4.69, 9.17) is 5.73 Å². The normalized spacial score (nSPS) is 10.4. The summed E-state index contributed by atoms with van der Waals surface area (Å²) in [7, 11) is 0. The van der Waals surface area contributed by atoms with Crippen molar-refractivity contribution in [3.8, 4) is 6.07 Å². The third kappa shape index (κ3) is 2.31. The van der Waals surface area contributed by atoms with Crippen LogP contribution >= 0.6 is 27.3 Å². The van der Waals surface area contributed by atoms with Gasteiger partial charge in [0.05, 0.1) is 16.6 Å². The fraction of sp³-hybridized carbons (Fsp3) is 0. The zero-order chi connectivity index (χ0) is 14.1. The van der Waals surface area contributed by atoms with Crippen LogP contribution in [0.15, 0.2) is 34.1 Å². The lowest BCUT2D eigenvalue weighted by Gasteiger charge is -2.09. The summed E-state index contributed by atoms with van der Waals surface area (Å²) in [6, 6.07) is 9.50. The van der Waals surface area contributed by atoms with E-state index in [1.54, 1.807) is 6.07 Å². The number of nitriles is 1. The van der Waals surface area contributed by atoms with Crippen LogP contribution in [0.3, 0.4) is 0 Å². The molecule has 0 fully saturated rings. The number of hydrogen-bond acceptors (Lipinski definition) is 6. The van der Waals surface area contributed by atoms with Crippen LogP contribution in [0, 0.1) is 11.3 Å². The molecule has 0 spiro atoms. The van der Waals surface area contributed by atoms with E-state index in [1.807, 2.05) is 23.6 Å². The largest absolute Gasteiger partial charge is 0.368 e. The molecule has 20 heavy (non-hydrogen) atoms. The Labute approximate surface area is 127 Å². The molecule has 3 rings (SSSR count). The number of anilines is 3. The monoisotopic (exact) mass is 345 g/mol. The lowest BCUT2D eigenvalue weighted by Crippen LogP contribution is -2.01. The molecular weight excluding hydrogens is 338 g/mol. The number of halogens is 1. The van der Waals surface area contributed by atoms with E-state index in [0.29, 0.717) is 17.1 Å². The van der Waals surface area contributed by atoms with E-state index < -0.39 is 0 Å². The summed E-state index contributed by atoms with van der Waals surface area (Å²) < 4.78 is 0.850. The van der Waals surface area contributed by atoms with E-state index in [2.05, 4.69) is 37.3 Å². The molecule has 3 N–H and O–H groups in total. The molecule has 5 nitrogen and oxygen atoms in total. The minimum Gasteiger partial charge on any atom is -0.368 e. The van der Waals surface area contributed by atoms with Gasteiger partial charge in [-0.15, -0.1) is 11.3 Å². The van der Waals surface area contributed by atoms with E-state index >= 15 is 0 Å². The topological polar surface area (TPSA) is 87.6 Å². The summed E-state index contributed by atoms with van der Waals surface area (Å²) in [6.45, 7) is 0. The van der Waals surface area contributed by atoms with Gasteiger partial charge in [-0.3, -0.25) is 0 Å². The quantitative estimate of drug-likeness (QED) is 0.739. The van der Waals surface area contributed by atoms with Crippen LogP contribution in [0.2, 0.25) is 0 Å². The molecule has 2 aromatic heterocycles. The summed E-state index contributed by atoms with van der Waals surface area (Å²) in [5.41, 5.74) is 6.91. The van der Waals surface area contributed by atoms with Crippen LogP contribution in [0.1, 0.15) is 5.56 Å². The first-order chi connectivity index (χ1) is 9.67. The fourth-order valence-corrected chi connectivity index (χ4v) is 2.94. The zero-order valence-corrected chi connectivity index (χ0v) is 12.5. The van der Waals surface area contributed by atoms with Gasteiger partial charge in [-0.2, -0.15) is 10.2 Å². The van der Waals surface area contributed by atoms with Gasteiger partial charge in [0, 0.05) is 4.47 Å². The average molecular weight is 346 g/mol. The molecular formula is C13H8BrN5S. The van der Waals surface area contributed by atoms with Gasteiger partial charge in [-0.1, -0.05) is 15.9 Å². The van der Waals surface area contributed by atoms with Crippen LogP contribution in [-0.2, 0) is 0 Å². The van der Waals surface area contributed by atoms with Crippen molar-refractivity contribution in [3.63, 3.8) is 0 Å². The predicted octanol–water partition coefficient (Wildman–Crippen LogP) is 3.65. The summed E-state index contributed by atoms with van der Waals surface area (Å²) in [4.78, 5) is 9.19. The molecule has 0 radical (unpaired) electrons. The lowest BCUT2D eigenvalue weighted by atomic mass is 10.2. The Hall–Kier alpha value is -2.17. The van der Waals surface area contributed by atoms with Gasteiger partial charge < -0.3 is 11.1 Å². The second kappa shape index (κ2) is 5.07. The summed E-state index contributed by atoms with van der Waals surface area (Å²) in [5, 5.41) is 15.1. The molecule has 0 unspecified atom stereocenters. The molecule has 0 saturated heterocycles. The molecule has 0 saturated carbocycles. The molecule has 0 aliphatic heterocycles. The van der Waals surface area contributed by atoms with Crippen LogP contribution in [0.25, 0.3) is 10.2 Å². The van der Waals surface area contributed by atoms with E-state index in [-0.39, 0.29) is 5.95 Å². The minimum absolute atomic E-state index is 0.207. The number of benzene rings is 1. The number of aromatic nitrogens is 2. The van der Waals surface area contributed by atoms with Crippen molar-refractivity contribution < 1.29 is 0 Å². The number of nitrogens with one attached hydrogen (secondary N) is 1. The third-order valence-electron chi connectivity index (χ3n) is 2.70. The summed E-state index contributed by atoms with van der Waals surface area (Å²) in [5.74, 6) is 0.811. The van der Waals surface area contributed by atoms with Crippen LogP contribution in [0.5, 0.6) is 0 Å². The maximum Gasteiger partial charge on any atom is 0.223 e. The molecule has 7 heteroatoms. The number of nitrogens with zero attached hydrogens (tertiary/aromatic N) is 3. The maximum absolute atomic E-state index is 9.18. The van der Waals surface area contributed by atoms with E-state index in [9.17, 15) is 5.26 Å². The molecule has 0 amide bonds. The highest BCUT2D eigenvalue weighted by atomic mass is 79.9. The number of nitrogen functional groups attached to an aromatic ring is 1. The molecule has 0 aliphatic carbocycles. The minimum atomic E-state index is 0.207. The summed E-state index contributed by atoms with van der Waals surface area (Å²) >= 11 is 4.84. The van der Waals surface area contributed by atoms with Gasteiger partial charge in [-0.25, -0.2) is 4.98 Å². The molecule has 1 aromatic carbocycles. The standard InChI is InChI=1S/C13H8BrN5S/c14-8-1-2-10(7(5-8)6-15)17-11-9-3-4-20-12(9)19-13(16)18-11/h1-5H,(H3,16,17,18,19). The van der Waals surface area contributed by atoms with Gasteiger partial charge in [0.1, 0.15) is 16.7 Å². The fourth-order valence-electron chi connectivity index (χ4n) is 1.81. The van der Waals surface area contributed by atoms with Gasteiger partial charge in [-0.05, 0) is 29.6 Å². The zero-order valence-electron chi connectivity index (χ0n) is 10.1. The van der Waals surface area contributed by atoms with Crippen molar-refractivity contribution in [2.75, 3.05) is 11.1 Å². The van der Waals surface area contributed by atoms with Gasteiger partial charge >= 0.3 is 0 Å². The third-order valence-corrected chi connectivity index (χ3v) is 4.00. The number of fused-ring (bicyclic) bond motifs is 1. The first-order valence-electron chi connectivity index (χ1n) is 5.65. The SMILES string of the molecule is N#Cc1cc(Br)ccc1Nc1nc(N)nc2sccc12. The molecule has 98 valence electrons. The van der Waals surface area contributed by atoms with Crippen molar-refractivity contribution in [3.05, 3.63) is 39.7 Å². The lowest BCUT2D eigenvalue weighted by molar-refractivity contribution is 1.24. The molecule has 2 heterocycles. The van der Waals surface area contributed by atoms with Crippen molar-refractivity contribution in [2.24, 2.45) is 0 Å². The summed E-state index contributed by atoms with van der Waals surface area (Å²) in [6.07, 6.45) is 0. The number of nitrogens with two attached hydrogens (primary N) is 1. The second-order valence-corrected chi connectivity index (χ2v) is 5.81. The highest BCUT2D eigenvalue weighted by Crippen LogP contribution is 2.30. The molecule has 3 aromatic rings. The molecule has 0 bridgehead atoms. The van der Waals surface area contributed by atoms with Crippen LogP contribution in [-0.4, -0.2) is 9.97 Å². The van der Waals surface area contributed by atoms with Crippen LogP contribution < -0.4 is 11.1 Å². The van der Waals surface area contributed by atoms with E-state index in [0.717, 1.165) is 14.7 Å². The van der Waals surface area contributed by atoms with Crippen molar-refractivity contribution in [1.29, 1.82) is 5.26 Å². The van der Waals surface area contributed by atoms with Crippen molar-refractivity contribution in [1.82, 2.24) is 9.97 Å². The second-order valence-electron chi connectivity index (χ2n) is 4.00. The highest BCUT2D eigenvalue weighted by molar-refractivity contribution is 9.10. The Morgan fingerprint density at radius 1 is 1.30 bits per heavy atom. The Bertz CT molecular complexity index is 836. The van der Waals surface area contributed by atoms with Crippen molar-refractivity contribution >= 4 is 54.9 Å². The first-order valence-corrected chi connectivity index (χ1v) is 7.32. The first kappa shape index (κ1) is 12.8. The predicted molar refractivity (Wildman–Crippen MR) is 84.0 cm³/mol. The number of rotatable bonds is 2. The Balaban J connectivity index is 2.10. The smallest absolute Gasteiger partial charge is 0.223 e. The maximum atomic E-state index is 9.18. The average Bonchev–Trinajstić information content (AvgIpc) is 2.88. The van der Waals surface area contributed by atoms with Gasteiger partial charge in [0.15, 0.2) is 0 Å². The Morgan fingerprint density at radius 2 is 2.15 bits per heavy atom. The Morgan fingerprint density at radius 3 is 2.95 bits per heavy atom.